The Labute approximate surface area is 107 Å². The Balaban J connectivity index is 2.08. The molecule has 0 radical (unpaired) electrons. The van der Waals surface area contributed by atoms with E-state index < -0.39 is 0 Å². The Morgan fingerprint density at radius 1 is 1.28 bits per heavy atom. The molecule has 3 rings (SSSR count). The van der Waals surface area contributed by atoms with Gasteiger partial charge in [-0.1, -0.05) is 18.2 Å². The standard InChI is InChI=1S/C15H16N2O/c1-16-9-11-8-12-10-17-7-6-14(12)18-15-5-3-2-4-13(11)15/h2-7,10-11,16H,8-9H2,1H3/t11-/m1/s1. The van der Waals surface area contributed by atoms with E-state index in [-0.39, 0.29) is 0 Å². The summed E-state index contributed by atoms with van der Waals surface area (Å²) in [6, 6.07) is 10.2. The van der Waals surface area contributed by atoms with Crippen LogP contribution in [0.15, 0.2) is 42.7 Å². The molecular weight excluding hydrogens is 224 g/mol. The first kappa shape index (κ1) is 11.2. The highest BCUT2D eigenvalue weighted by Gasteiger charge is 2.22. The summed E-state index contributed by atoms with van der Waals surface area (Å²) in [5, 5.41) is 3.26. The number of pyridine rings is 1. The van der Waals surface area contributed by atoms with Crippen molar-refractivity contribution in [1.82, 2.24) is 10.3 Å². The molecule has 0 spiro atoms. The molecular formula is C15H16N2O. The molecule has 0 bridgehead atoms. The van der Waals surface area contributed by atoms with Gasteiger partial charge in [0.1, 0.15) is 11.5 Å². The Morgan fingerprint density at radius 3 is 3.06 bits per heavy atom. The molecule has 0 saturated carbocycles. The molecule has 0 unspecified atom stereocenters. The van der Waals surface area contributed by atoms with Crippen LogP contribution in [0.4, 0.5) is 0 Å². The van der Waals surface area contributed by atoms with Crippen molar-refractivity contribution in [3.05, 3.63) is 53.9 Å². The van der Waals surface area contributed by atoms with Crippen molar-refractivity contribution in [2.24, 2.45) is 0 Å². The normalized spacial score (nSPS) is 17.3. The van der Waals surface area contributed by atoms with Gasteiger partial charge in [-0.3, -0.25) is 4.98 Å². The molecule has 1 atom stereocenters. The molecule has 1 aliphatic rings. The number of fused-ring (bicyclic) bond motifs is 2. The van der Waals surface area contributed by atoms with Crippen molar-refractivity contribution < 1.29 is 4.74 Å². The van der Waals surface area contributed by atoms with Crippen molar-refractivity contribution in [1.29, 1.82) is 0 Å². The smallest absolute Gasteiger partial charge is 0.133 e. The van der Waals surface area contributed by atoms with Gasteiger partial charge in [0.2, 0.25) is 0 Å². The maximum Gasteiger partial charge on any atom is 0.133 e. The summed E-state index contributed by atoms with van der Waals surface area (Å²) in [5.41, 5.74) is 2.44. The number of aromatic nitrogens is 1. The van der Waals surface area contributed by atoms with E-state index in [0.717, 1.165) is 24.5 Å². The van der Waals surface area contributed by atoms with Crippen LogP contribution in [0.2, 0.25) is 0 Å². The van der Waals surface area contributed by atoms with Gasteiger partial charge in [0.15, 0.2) is 0 Å². The first-order valence-corrected chi connectivity index (χ1v) is 6.22. The molecule has 92 valence electrons. The Kier molecular flexibility index (Phi) is 2.99. The van der Waals surface area contributed by atoms with Gasteiger partial charge in [-0.2, -0.15) is 0 Å². The van der Waals surface area contributed by atoms with Gasteiger partial charge in [-0.05, 0) is 31.2 Å². The van der Waals surface area contributed by atoms with Gasteiger partial charge in [-0.15, -0.1) is 0 Å². The second-order valence-electron chi connectivity index (χ2n) is 4.58. The Hall–Kier alpha value is -1.87. The Morgan fingerprint density at radius 2 is 2.17 bits per heavy atom. The van der Waals surface area contributed by atoms with Crippen molar-refractivity contribution in [3.63, 3.8) is 0 Å². The molecule has 0 saturated heterocycles. The zero-order valence-electron chi connectivity index (χ0n) is 10.4. The molecule has 1 N–H and O–H groups in total. The third kappa shape index (κ3) is 1.97. The highest BCUT2D eigenvalue weighted by atomic mass is 16.5. The molecule has 0 amide bonds. The number of benzene rings is 1. The number of nitrogens with zero attached hydrogens (tertiary/aromatic N) is 1. The lowest BCUT2D eigenvalue weighted by Crippen LogP contribution is -2.18. The summed E-state index contributed by atoms with van der Waals surface area (Å²) >= 11 is 0. The second kappa shape index (κ2) is 4.78. The van der Waals surface area contributed by atoms with E-state index in [0.29, 0.717) is 5.92 Å². The van der Waals surface area contributed by atoms with Crippen molar-refractivity contribution in [2.75, 3.05) is 13.6 Å². The number of para-hydroxylation sites is 1. The van der Waals surface area contributed by atoms with Crippen molar-refractivity contribution >= 4 is 0 Å². The maximum absolute atomic E-state index is 6.01. The molecule has 2 aromatic rings. The quantitative estimate of drug-likeness (QED) is 0.876. The monoisotopic (exact) mass is 240 g/mol. The van der Waals surface area contributed by atoms with E-state index in [1.54, 1.807) is 6.20 Å². The molecule has 0 fully saturated rings. The zero-order chi connectivity index (χ0) is 12.4. The van der Waals surface area contributed by atoms with E-state index in [2.05, 4.69) is 22.4 Å². The van der Waals surface area contributed by atoms with Crippen LogP contribution in [0.5, 0.6) is 11.5 Å². The SMILES string of the molecule is CNC[C@H]1Cc2cnccc2Oc2ccccc21. The molecule has 3 nitrogen and oxygen atoms in total. The van der Waals surface area contributed by atoms with Crippen molar-refractivity contribution in [2.45, 2.75) is 12.3 Å². The summed E-state index contributed by atoms with van der Waals surface area (Å²) in [4.78, 5) is 4.20. The third-order valence-electron chi connectivity index (χ3n) is 3.35. The van der Waals surface area contributed by atoms with Crippen LogP contribution in [0.3, 0.4) is 0 Å². The molecule has 0 aliphatic carbocycles. The zero-order valence-corrected chi connectivity index (χ0v) is 10.4. The van der Waals surface area contributed by atoms with E-state index >= 15 is 0 Å². The summed E-state index contributed by atoms with van der Waals surface area (Å²) in [5.74, 6) is 2.32. The fourth-order valence-corrected chi connectivity index (χ4v) is 2.50. The van der Waals surface area contributed by atoms with Gasteiger partial charge in [0, 0.05) is 30.4 Å². The van der Waals surface area contributed by atoms with Gasteiger partial charge >= 0.3 is 0 Å². The molecule has 18 heavy (non-hydrogen) atoms. The minimum atomic E-state index is 0.427. The third-order valence-corrected chi connectivity index (χ3v) is 3.35. The van der Waals surface area contributed by atoms with Gasteiger partial charge in [0.25, 0.3) is 0 Å². The average Bonchev–Trinajstić information content (AvgIpc) is 2.56. The summed E-state index contributed by atoms with van der Waals surface area (Å²) < 4.78 is 6.01. The number of ether oxygens (including phenoxy) is 1. The molecule has 2 heterocycles. The summed E-state index contributed by atoms with van der Waals surface area (Å²) in [6.07, 6.45) is 4.64. The molecule has 1 aromatic heterocycles. The van der Waals surface area contributed by atoms with Gasteiger partial charge in [-0.25, -0.2) is 0 Å². The minimum absolute atomic E-state index is 0.427. The predicted octanol–water partition coefficient (Wildman–Crippen LogP) is 2.73. The van der Waals surface area contributed by atoms with Crippen LogP contribution in [0.25, 0.3) is 0 Å². The van der Waals surface area contributed by atoms with Crippen LogP contribution in [0.1, 0.15) is 17.0 Å². The van der Waals surface area contributed by atoms with Crippen LogP contribution in [-0.2, 0) is 6.42 Å². The maximum atomic E-state index is 6.01. The fraction of sp³-hybridized carbons (Fsp3) is 0.267. The fourth-order valence-electron chi connectivity index (χ4n) is 2.50. The van der Waals surface area contributed by atoms with Crippen LogP contribution in [0, 0.1) is 0 Å². The average molecular weight is 240 g/mol. The second-order valence-corrected chi connectivity index (χ2v) is 4.58. The van der Waals surface area contributed by atoms with Crippen LogP contribution < -0.4 is 10.1 Å². The van der Waals surface area contributed by atoms with E-state index in [1.807, 2.05) is 31.4 Å². The first-order chi connectivity index (χ1) is 8.88. The number of nitrogens with one attached hydrogen (secondary N) is 1. The number of rotatable bonds is 2. The van der Waals surface area contributed by atoms with Crippen LogP contribution >= 0.6 is 0 Å². The molecule has 1 aliphatic heterocycles. The predicted molar refractivity (Wildman–Crippen MR) is 71.1 cm³/mol. The topological polar surface area (TPSA) is 34.2 Å². The summed E-state index contributed by atoms with van der Waals surface area (Å²) in [6.45, 7) is 0.939. The summed E-state index contributed by atoms with van der Waals surface area (Å²) in [7, 11) is 1.98. The lowest BCUT2D eigenvalue weighted by Gasteiger charge is -2.15. The number of hydrogen-bond acceptors (Lipinski definition) is 3. The Bertz CT molecular complexity index is 554. The minimum Gasteiger partial charge on any atom is -0.457 e. The first-order valence-electron chi connectivity index (χ1n) is 6.22. The largest absolute Gasteiger partial charge is 0.457 e. The van der Waals surface area contributed by atoms with E-state index in [4.69, 9.17) is 4.74 Å². The number of hydrogen-bond donors (Lipinski definition) is 1. The van der Waals surface area contributed by atoms with E-state index in [1.165, 1.54) is 11.1 Å². The lowest BCUT2D eigenvalue weighted by molar-refractivity contribution is 0.477. The van der Waals surface area contributed by atoms with Gasteiger partial charge < -0.3 is 10.1 Å². The van der Waals surface area contributed by atoms with Crippen molar-refractivity contribution in [3.8, 4) is 11.5 Å². The number of likely N-dealkylation sites (N-methyl/N-ethyl adjacent to an activating group) is 1. The van der Waals surface area contributed by atoms with E-state index in [9.17, 15) is 0 Å². The highest BCUT2D eigenvalue weighted by molar-refractivity contribution is 5.46. The molecule has 3 heteroatoms. The lowest BCUT2D eigenvalue weighted by atomic mass is 9.92. The highest BCUT2D eigenvalue weighted by Crippen LogP contribution is 2.38. The van der Waals surface area contributed by atoms with Gasteiger partial charge in [0.05, 0.1) is 0 Å². The van der Waals surface area contributed by atoms with Crippen LogP contribution in [-0.4, -0.2) is 18.6 Å². The molecule has 1 aromatic carbocycles.